The van der Waals surface area contributed by atoms with Crippen molar-refractivity contribution in [1.82, 2.24) is 0 Å². The number of sulfone groups is 1. The number of nitrogens with two attached hydrogens (primary N) is 2. The fourth-order valence-electron chi connectivity index (χ4n) is 1.41. The van der Waals surface area contributed by atoms with Crippen LogP contribution in [0.25, 0.3) is 5.57 Å². The molecule has 0 bridgehead atoms. The third-order valence-electron chi connectivity index (χ3n) is 2.18. The van der Waals surface area contributed by atoms with Gasteiger partial charge in [0.1, 0.15) is 5.03 Å². The Bertz CT molecular complexity index is 571. The zero-order chi connectivity index (χ0) is 11.1. The van der Waals surface area contributed by atoms with Crippen LogP contribution in [0.2, 0.25) is 0 Å². The Balaban J connectivity index is 2.60. The Morgan fingerprint density at radius 2 is 1.87 bits per heavy atom. The van der Waals surface area contributed by atoms with Gasteiger partial charge in [-0.2, -0.15) is 0 Å². The predicted octanol–water partition coefficient (Wildman–Crippen LogP) is 0.838. The molecule has 0 saturated carbocycles. The summed E-state index contributed by atoms with van der Waals surface area (Å²) in [5, 5.41) is 0.981. The second-order valence-corrected chi connectivity index (χ2v) is 5.05. The van der Waals surface area contributed by atoms with E-state index >= 15 is 0 Å². The zero-order valence-electron chi connectivity index (χ0n) is 7.84. The molecule has 1 heterocycles. The van der Waals surface area contributed by atoms with Gasteiger partial charge < -0.3 is 11.5 Å². The van der Waals surface area contributed by atoms with Crippen LogP contribution in [0, 0.1) is 0 Å². The van der Waals surface area contributed by atoms with Crippen molar-refractivity contribution in [2.75, 3.05) is 5.73 Å². The maximum Gasteiger partial charge on any atom is 0.215 e. The molecule has 1 aliphatic rings. The second-order valence-electron chi connectivity index (χ2n) is 3.25. The summed E-state index contributed by atoms with van der Waals surface area (Å²) in [4.78, 5) is 0. The van der Waals surface area contributed by atoms with Crippen LogP contribution < -0.4 is 11.5 Å². The first-order valence-corrected chi connectivity index (χ1v) is 5.84. The van der Waals surface area contributed by atoms with E-state index < -0.39 is 9.84 Å². The Morgan fingerprint density at radius 1 is 1.13 bits per heavy atom. The van der Waals surface area contributed by atoms with Gasteiger partial charge >= 0.3 is 0 Å². The minimum Gasteiger partial charge on any atom is -0.399 e. The number of hydrogen-bond donors (Lipinski definition) is 2. The van der Waals surface area contributed by atoms with Crippen LogP contribution in [0.15, 0.2) is 40.8 Å². The Kier molecular flexibility index (Phi) is 2.04. The van der Waals surface area contributed by atoms with E-state index in [0.717, 1.165) is 5.41 Å². The summed E-state index contributed by atoms with van der Waals surface area (Å²) < 4.78 is 22.7. The Hall–Kier alpha value is -1.75. The fraction of sp³-hybridized carbons (Fsp3) is 0. The van der Waals surface area contributed by atoms with Gasteiger partial charge in [-0.25, -0.2) is 8.42 Å². The number of benzene rings is 1. The first-order chi connectivity index (χ1) is 7.00. The van der Waals surface area contributed by atoms with E-state index in [0.29, 0.717) is 16.8 Å². The molecule has 1 aromatic carbocycles. The van der Waals surface area contributed by atoms with Crippen molar-refractivity contribution in [3.05, 3.63) is 46.3 Å². The van der Waals surface area contributed by atoms with Crippen LogP contribution >= 0.6 is 0 Å². The molecule has 0 radical (unpaired) electrons. The van der Waals surface area contributed by atoms with Gasteiger partial charge in [-0.3, -0.25) is 0 Å². The van der Waals surface area contributed by atoms with Crippen molar-refractivity contribution < 1.29 is 8.42 Å². The van der Waals surface area contributed by atoms with E-state index in [-0.39, 0.29) is 5.03 Å². The van der Waals surface area contributed by atoms with Gasteiger partial charge in [0.2, 0.25) is 9.84 Å². The minimum absolute atomic E-state index is 0.117. The molecule has 0 aliphatic carbocycles. The first-order valence-electron chi connectivity index (χ1n) is 4.29. The van der Waals surface area contributed by atoms with Gasteiger partial charge in [0.15, 0.2) is 0 Å². The highest BCUT2D eigenvalue weighted by atomic mass is 32.2. The molecule has 4 nitrogen and oxygen atoms in total. The number of hydrogen-bond acceptors (Lipinski definition) is 4. The van der Waals surface area contributed by atoms with Crippen LogP contribution in [-0.2, 0) is 9.84 Å². The van der Waals surface area contributed by atoms with Crippen LogP contribution in [-0.4, -0.2) is 8.42 Å². The average Bonchev–Trinajstić information content (AvgIpc) is 2.42. The molecule has 0 atom stereocenters. The molecule has 78 valence electrons. The molecule has 0 amide bonds. The molecule has 4 N–H and O–H groups in total. The van der Waals surface area contributed by atoms with Crippen LogP contribution in [0.1, 0.15) is 5.56 Å². The second kappa shape index (κ2) is 3.13. The standard InChI is InChI=1S/C10H10N2O2S/c11-8-3-1-2-7(6-8)9-4-5-15(13,14)10(9)12/h1-6H,11-12H2. The van der Waals surface area contributed by atoms with Crippen LogP contribution in [0.3, 0.4) is 0 Å². The highest BCUT2D eigenvalue weighted by Gasteiger charge is 2.21. The third kappa shape index (κ3) is 1.61. The maximum atomic E-state index is 11.3. The molecule has 0 saturated heterocycles. The molecular weight excluding hydrogens is 212 g/mol. The summed E-state index contributed by atoms with van der Waals surface area (Å²) in [6, 6.07) is 6.94. The topological polar surface area (TPSA) is 86.2 Å². The minimum atomic E-state index is -3.40. The van der Waals surface area contributed by atoms with Gasteiger partial charge in [-0.05, 0) is 23.8 Å². The summed E-state index contributed by atoms with van der Waals surface area (Å²) in [7, 11) is -3.40. The Labute approximate surface area is 87.8 Å². The van der Waals surface area contributed by atoms with E-state index in [1.165, 1.54) is 6.08 Å². The highest BCUT2D eigenvalue weighted by Crippen LogP contribution is 2.28. The van der Waals surface area contributed by atoms with Crippen molar-refractivity contribution in [3.8, 4) is 0 Å². The molecule has 0 aromatic heterocycles. The van der Waals surface area contributed by atoms with Gasteiger partial charge in [-0.15, -0.1) is 0 Å². The molecular formula is C10H10N2O2S. The lowest BCUT2D eigenvalue weighted by Crippen LogP contribution is -2.07. The number of rotatable bonds is 1. The van der Waals surface area contributed by atoms with Gasteiger partial charge in [0.05, 0.1) is 0 Å². The van der Waals surface area contributed by atoms with Crippen molar-refractivity contribution in [2.45, 2.75) is 0 Å². The molecule has 2 rings (SSSR count). The zero-order valence-corrected chi connectivity index (χ0v) is 8.66. The van der Waals surface area contributed by atoms with Gasteiger partial charge in [0.25, 0.3) is 0 Å². The maximum absolute atomic E-state index is 11.3. The fourth-order valence-corrected chi connectivity index (χ4v) is 2.37. The SMILES string of the molecule is NC1=C(c2cccc(N)c2)C=CS1(=O)=O. The van der Waals surface area contributed by atoms with Crippen molar-refractivity contribution in [1.29, 1.82) is 0 Å². The molecule has 1 aromatic rings. The van der Waals surface area contributed by atoms with Crippen molar-refractivity contribution >= 4 is 21.1 Å². The average molecular weight is 222 g/mol. The molecule has 0 fully saturated rings. The summed E-state index contributed by atoms with van der Waals surface area (Å²) in [6.45, 7) is 0. The monoisotopic (exact) mass is 222 g/mol. The largest absolute Gasteiger partial charge is 0.399 e. The number of allylic oxidation sites excluding steroid dienone is 2. The summed E-state index contributed by atoms with van der Waals surface area (Å²) in [5.41, 5.74) is 12.9. The third-order valence-corrected chi connectivity index (χ3v) is 3.51. The molecule has 5 heteroatoms. The van der Waals surface area contributed by atoms with E-state index in [1.807, 2.05) is 0 Å². The molecule has 0 unspecified atom stereocenters. The quantitative estimate of drug-likeness (QED) is 0.689. The van der Waals surface area contributed by atoms with Gasteiger partial charge in [0, 0.05) is 16.7 Å². The molecule has 0 spiro atoms. The lowest BCUT2D eigenvalue weighted by atomic mass is 10.1. The molecule has 1 aliphatic heterocycles. The first kappa shape index (κ1) is 9.79. The van der Waals surface area contributed by atoms with E-state index in [2.05, 4.69) is 0 Å². The summed E-state index contributed by atoms with van der Waals surface area (Å²) in [6.07, 6.45) is 1.49. The lowest BCUT2D eigenvalue weighted by Gasteiger charge is -2.02. The summed E-state index contributed by atoms with van der Waals surface area (Å²) in [5.74, 6) is 0. The summed E-state index contributed by atoms with van der Waals surface area (Å²) >= 11 is 0. The normalized spacial score (nSPS) is 18.4. The highest BCUT2D eigenvalue weighted by molar-refractivity contribution is 7.98. The van der Waals surface area contributed by atoms with E-state index in [9.17, 15) is 8.42 Å². The number of nitrogen functional groups attached to an aromatic ring is 1. The lowest BCUT2D eigenvalue weighted by molar-refractivity contribution is 0.610. The van der Waals surface area contributed by atoms with E-state index in [4.69, 9.17) is 11.5 Å². The molecule has 15 heavy (non-hydrogen) atoms. The smallest absolute Gasteiger partial charge is 0.215 e. The predicted molar refractivity (Wildman–Crippen MR) is 60.0 cm³/mol. The van der Waals surface area contributed by atoms with Crippen molar-refractivity contribution in [3.63, 3.8) is 0 Å². The van der Waals surface area contributed by atoms with Crippen LogP contribution in [0.4, 0.5) is 5.69 Å². The van der Waals surface area contributed by atoms with Crippen molar-refractivity contribution in [2.24, 2.45) is 5.73 Å². The van der Waals surface area contributed by atoms with Crippen LogP contribution in [0.5, 0.6) is 0 Å². The Morgan fingerprint density at radius 3 is 2.40 bits per heavy atom. The van der Waals surface area contributed by atoms with Gasteiger partial charge in [-0.1, -0.05) is 12.1 Å². The van der Waals surface area contributed by atoms with E-state index in [1.54, 1.807) is 24.3 Å². The number of anilines is 1.